The fourth-order valence-corrected chi connectivity index (χ4v) is 0.666. The van der Waals surface area contributed by atoms with Crippen molar-refractivity contribution in [3.05, 3.63) is 35.8 Å². The van der Waals surface area contributed by atoms with Gasteiger partial charge in [0.15, 0.2) is 0 Å². The van der Waals surface area contributed by atoms with Gasteiger partial charge in [0.1, 0.15) is 5.03 Å². The van der Waals surface area contributed by atoms with E-state index in [1.54, 1.807) is 0 Å². The highest BCUT2D eigenvalue weighted by Crippen LogP contribution is 2.18. The Hall–Kier alpha value is -3.96. The summed E-state index contributed by atoms with van der Waals surface area (Å²) in [6.45, 7) is 0. The lowest BCUT2D eigenvalue weighted by atomic mass is 10.8. The Labute approximate surface area is 118 Å². The number of hydrazine groups is 2. The minimum atomic E-state index is -1.25. The predicted octanol–water partition coefficient (Wildman–Crippen LogP) is -4.40. The topological polar surface area (TPSA) is 286 Å². The SMILES string of the molecule is NN/C(N)=[NH+]\N.O=[N+]([O-])[N-]c1nc([N+](=O)[O-])nc([N+](=O)[O-])n1. The van der Waals surface area contributed by atoms with Crippen molar-refractivity contribution in [1.29, 1.82) is 0 Å². The summed E-state index contributed by atoms with van der Waals surface area (Å²) in [5.41, 5.74) is 9.49. The normalized spacial score (nSPS) is 9.95. The second kappa shape index (κ2) is 8.26. The number of hydrogen-bond acceptors (Lipinski definition) is 11. The molecule has 0 amide bonds. The van der Waals surface area contributed by atoms with E-state index in [2.05, 4.69) is 30.9 Å². The van der Waals surface area contributed by atoms with Crippen molar-refractivity contribution in [2.24, 2.45) is 17.4 Å². The maximum absolute atomic E-state index is 10.2. The Morgan fingerprint density at radius 3 is 1.77 bits per heavy atom. The van der Waals surface area contributed by atoms with Gasteiger partial charge in [0, 0.05) is 10.4 Å². The monoisotopic (exact) mass is 320 g/mol. The van der Waals surface area contributed by atoms with Crippen LogP contribution in [0.3, 0.4) is 0 Å². The average molecular weight is 320 g/mol. The fraction of sp³-hybridized carbons (Fsp3) is 0. The fourth-order valence-electron chi connectivity index (χ4n) is 0.666. The molecule has 22 heavy (non-hydrogen) atoms. The van der Waals surface area contributed by atoms with Crippen LogP contribution < -0.4 is 27.9 Å². The minimum Gasteiger partial charge on any atom is -0.390 e. The van der Waals surface area contributed by atoms with Crippen molar-refractivity contribution in [2.45, 2.75) is 0 Å². The largest absolute Gasteiger partial charge is 0.478 e. The Balaban J connectivity index is 0.000000626. The van der Waals surface area contributed by atoms with Crippen molar-refractivity contribution < 1.29 is 20.0 Å². The van der Waals surface area contributed by atoms with Crippen molar-refractivity contribution in [3.8, 4) is 0 Å². The molecular formula is C4H8N12O6. The summed E-state index contributed by atoms with van der Waals surface area (Å²) in [6.07, 6.45) is 0. The van der Waals surface area contributed by atoms with Gasteiger partial charge in [-0.2, -0.15) is 10.9 Å². The number of nitrogens with zero attached hydrogens (tertiary/aromatic N) is 7. The van der Waals surface area contributed by atoms with Crippen LogP contribution in [0.25, 0.3) is 5.43 Å². The molecule has 1 aromatic rings. The summed E-state index contributed by atoms with van der Waals surface area (Å²) in [5, 5.41) is 31.2. The molecule has 0 aliphatic heterocycles. The maximum atomic E-state index is 10.2. The van der Waals surface area contributed by atoms with Gasteiger partial charge in [-0.05, 0) is 19.8 Å². The molecule has 0 saturated carbocycles. The van der Waals surface area contributed by atoms with Gasteiger partial charge in [-0.15, -0.1) is 0 Å². The number of hydrazone groups is 1. The number of nitrogens with two attached hydrogens (primary N) is 3. The molecule has 0 aliphatic carbocycles. The molecule has 8 N–H and O–H groups in total. The number of nitrogens with one attached hydrogen (secondary N) is 2. The molecule has 0 radical (unpaired) electrons. The van der Waals surface area contributed by atoms with Gasteiger partial charge >= 0.3 is 23.8 Å². The molecule has 0 bridgehead atoms. The molecular weight excluding hydrogens is 312 g/mol. The molecule has 0 spiro atoms. The van der Waals surface area contributed by atoms with E-state index in [4.69, 9.17) is 17.4 Å². The molecule has 0 saturated heterocycles. The number of hydrogen-bond donors (Lipinski definition) is 5. The van der Waals surface area contributed by atoms with Gasteiger partial charge < -0.3 is 20.2 Å². The molecule has 18 nitrogen and oxygen atoms in total. The molecule has 0 aromatic carbocycles. The number of guanidine groups is 1. The lowest BCUT2D eigenvalue weighted by Crippen LogP contribution is -2.85. The van der Waals surface area contributed by atoms with E-state index in [9.17, 15) is 30.3 Å². The highest BCUT2D eigenvalue weighted by molar-refractivity contribution is 5.70. The second-order valence-electron chi connectivity index (χ2n) is 2.79. The van der Waals surface area contributed by atoms with Crippen LogP contribution in [-0.4, -0.2) is 35.8 Å². The van der Waals surface area contributed by atoms with Crippen LogP contribution in [0.15, 0.2) is 0 Å². The smallest absolute Gasteiger partial charge is 0.390 e. The zero-order valence-electron chi connectivity index (χ0n) is 10.3. The van der Waals surface area contributed by atoms with Crippen LogP contribution in [0.1, 0.15) is 0 Å². The van der Waals surface area contributed by atoms with E-state index in [-0.39, 0.29) is 5.96 Å². The molecule has 1 heterocycles. The first-order chi connectivity index (χ1) is 10.2. The Bertz CT molecular complexity index is 567. The minimum absolute atomic E-state index is 0.148. The second-order valence-corrected chi connectivity index (χ2v) is 2.79. The first-order valence-electron chi connectivity index (χ1n) is 4.67. The van der Waals surface area contributed by atoms with Gasteiger partial charge in [0.25, 0.3) is 0 Å². The third kappa shape index (κ3) is 6.28. The van der Waals surface area contributed by atoms with E-state index in [1.807, 2.05) is 0 Å². The van der Waals surface area contributed by atoms with Gasteiger partial charge in [-0.25, -0.2) is 15.5 Å². The summed E-state index contributed by atoms with van der Waals surface area (Å²) in [5.74, 6) is 6.20. The van der Waals surface area contributed by atoms with E-state index in [1.165, 1.54) is 0 Å². The molecule has 0 aliphatic rings. The van der Waals surface area contributed by atoms with Gasteiger partial charge in [-0.3, -0.25) is 11.6 Å². The van der Waals surface area contributed by atoms with Crippen molar-refractivity contribution in [2.75, 3.05) is 0 Å². The van der Waals surface area contributed by atoms with E-state index < -0.39 is 32.7 Å². The summed E-state index contributed by atoms with van der Waals surface area (Å²) >= 11 is 0. The third-order valence-corrected chi connectivity index (χ3v) is 1.41. The van der Waals surface area contributed by atoms with Gasteiger partial charge in [0.05, 0.1) is 0 Å². The Morgan fingerprint density at radius 1 is 1.09 bits per heavy atom. The van der Waals surface area contributed by atoms with Crippen molar-refractivity contribution >= 4 is 23.8 Å². The van der Waals surface area contributed by atoms with Crippen molar-refractivity contribution in [3.63, 3.8) is 0 Å². The quantitative estimate of drug-likeness (QED) is 0.115. The van der Waals surface area contributed by atoms with Crippen LogP contribution in [0.2, 0.25) is 0 Å². The molecule has 120 valence electrons. The molecule has 18 heteroatoms. The lowest BCUT2D eigenvalue weighted by Gasteiger charge is -1.94. The molecule has 0 unspecified atom stereocenters. The Morgan fingerprint density at radius 2 is 1.55 bits per heavy atom. The van der Waals surface area contributed by atoms with Crippen molar-refractivity contribution in [1.82, 2.24) is 20.4 Å². The molecule has 1 rings (SSSR count). The highest BCUT2D eigenvalue weighted by Gasteiger charge is 2.25. The summed E-state index contributed by atoms with van der Waals surface area (Å²) in [4.78, 5) is 36.8. The predicted molar refractivity (Wildman–Crippen MR) is 64.8 cm³/mol. The van der Waals surface area contributed by atoms with Gasteiger partial charge in [-0.1, -0.05) is 0 Å². The molecule has 0 atom stereocenters. The summed E-state index contributed by atoms with van der Waals surface area (Å²) in [6, 6.07) is 0. The van der Waals surface area contributed by atoms with Crippen LogP contribution in [-0.2, 0) is 0 Å². The highest BCUT2D eigenvalue weighted by atomic mass is 16.7. The Kier molecular flexibility index (Phi) is 6.77. The third-order valence-electron chi connectivity index (χ3n) is 1.41. The summed E-state index contributed by atoms with van der Waals surface area (Å²) in [7, 11) is 0. The van der Waals surface area contributed by atoms with Crippen LogP contribution >= 0.6 is 0 Å². The lowest BCUT2D eigenvalue weighted by molar-refractivity contribution is -0.472. The molecule has 0 fully saturated rings. The van der Waals surface area contributed by atoms with E-state index >= 15 is 0 Å². The van der Waals surface area contributed by atoms with Crippen LogP contribution in [0, 0.1) is 30.3 Å². The standard InChI is InChI=1S/C3N7O6.CH7N5/c11-8(12)2-4-1(7-10(15)16)5-3(6-2)9(13)14;2-1(5-3)6-4/h;3-4H2,(H3,2,5,6)/q-1;/p+1. The first kappa shape index (κ1) is 18.0. The number of aromatic nitrogens is 3. The van der Waals surface area contributed by atoms with E-state index in [0.717, 1.165) is 0 Å². The zero-order valence-corrected chi connectivity index (χ0v) is 10.3. The maximum Gasteiger partial charge on any atom is 0.478 e. The molecule has 1 aromatic heterocycles. The van der Waals surface area contributed by atoms with E-state index in [0.29, 0.717) is 0 Å². The first-order valence-corrected chi connectivity index (χ1v) is 4.67. The zero-order chi connectivity index (χ0) is 17.3. The number of nitro groups is 3. The average Bonchev–Trinajstić information content (AvgIpc) is 2.45. The van der Waals surface area contributed by atoms with Crippen LogP contribution in [0.5, 0.6) is 0 Å². The van der Waals surface area contributed by atoms with Crippen LogP contribution in [0.4, 0.5) is 17.8 Å². The van der Waals surface area contributed by atoms with Gasteiger partial charge in [0.2, 0.25) is 0 Å². The summed E-state index contributed by atoms with van der Waals surface area (Å²) < 4.78 is 0. The number of rotatable bonds is 4.